The van der Waals surface area contributed by atoms with Crippen molar-refractivity contribution in [2.45, 2.75) is 25.8 Å². The summed E-state index contributed by atoms with van der Waals surface area (Å²) in [5.41, 5.74) is 5.51. The number of thiocarbonyl (C=S) groups is 1. The van der Waals surface area contributed by atoms with Crippen LogP contribution in [0.5, 0.6) is 0 Å². The third kappa shape index (κ3) is 3.52. The molecule has 0 aliphatic carbocycles. The highest BCUT2D eigenvalue weighted by Gasteiger charge is 2.16. The molecule has 1 atom stereocenters. The summed E-state index contributed by atoms with van der Waals surface area (Å²) in [5.74, 6) is -0.226. The van der Waals surface area contributed by atoms with Gasteiger partial charge in [-0.2, -0.15) is 0 Å². The molecule has 0 fully saturated rings. The van der Waals surface area contributed by atoms with Gasteiger partial charge in [-0.15, -0.1) is 5.10 Å². The predicted molar refractivity (Wildman–Crippen MR) is 62.9 cm³/mol. The first-order valence-electron chi connectivity index (χ1n) is 4.52. The van der Waals surface area contributed by atoms with Gasteiger partial charge in [0.25, 0.3) is 5.91 Å². The Morgan fingerprint density at radius 1 is 1.80 bits per heavy atom. The SMILES string of the molecule is CCCC(NC(=O)c1cnns1)C(N)=S. The number of carbonyl (C=O) groups excluding carboxylic acids is 1. The van der Waals surface area contributed by atoms with Gasteiger partial charge in [0.05, 0.1) is 17.2 Å². The molecule has 1 aromatic rings. The van der Waals surface area contributed by atoms with Gasteiger partial charge in [0, 0.05) is 0 Å². The molecule has 3 N–H and O–H groups in total. The molecule has 0 saturated heterocycles. The van der Waals surface area contributed by atoms with Gasteiger partial charge in [-0.3, -0.25) is 4.79 Å². The molecule has 0 spiro atoms. The maximum absolute atomic E-state index is 11.6. The molecule has 0 saturated carbocycles. The standard InChI is InChI=1S/C8H12N4OS2/c1-2-3-5(7(9)14)11-8(13)6-4-10-12-15-6/h4-5H,2-3H2,1H3,(H2,9,14)(H,11,13). The van der Waals surface area contributed by atoms with E-state index in [1.807, 2.05) is 6.92 Å². The highest BCUT2D eigenvalue weighted by atomic mass is 32.1. The van der Waals surface area contributed by atoms with E-state index in [1.54, 1.807) is 0 Å². The zero-order valence-electron chi connectivity index (χ0n) is 8.27. The second-order valence-electron chi connectivity index (χ2n) is 3.00. The van der Waals surface area contributed by atoms with Crippen LogP contribution in [0.3, 0.4) is 0 Å². The molecule has 0 radical (unpaired) electrons. The zero-order chi connectivity index (χ0) is 11.3. The van der Waals surface area contributed by atoms with Crippen molar-refractivity contribution >= 4 is 34.6 Å². The van der Waals surface area contributed by atoms with Crippen molar-refractivity contribution in [1.82, 2.24) is 14.9 Å². The van der Waals surface area contributed by atoms with Gasteiger partial charge in [-0.25, -0.2) is 0 Å². The average Bonchev–Trinajstić information content (AvgIpc) is 2.69. The van der Waals surface area contributed by atoms with Gasteiger partial charge in [-0.1, -0.05) is 30.1 Å². The Kier molecular flexibility index (Phi) is 4.57. The molecular weight excluding hydrogens is 232 g/mol. The number of nitrogens with one attached hydrogen (secondary N) is 1. The predicted octanol–water partition coefficient (Wildman–Crippen LogP) is 0.723. The van der Waals surface area contributed by atoms with E-state index in [9.17, 15) is 4.79 Å². The molecule has 1 unspecified atom stereocenters. The number of carbonyl (C=O) groups is 1. The quantitative estimate of drug-likeness (QED) is 0.746. The highest BCUT2D eigenvalue weighted by Crippen LogP contribution is 2.04. The average molecular weight is 244 g/mol. The first kappa shape index (κ1) is 12.0. The minimum Gasteiger partial charge on any atom is -0.392 e. The fourth-order valence-corrected chi connectivity index (χ4v) is 1.67. The largest absolute Gasteiger partial charge is 0.392 e. The molecule has 1 aromatic heterocycles. The Balaban J connectivity index is 2.59. The van der Waals surface area contributed by atoms with Gasteiger partial charge in [-0.05, 0) is 18.0 Å². The van der Waals surface area contributed by atoms with Gasteiger partial charge in [0.1, 0.15) is 4.88 Å². The molecule has 0 aliphatic heterocycles. The molecule has 5 nitrogen and oxygen atoms in total. The van der Waals surface area contributed by atoms with Crippen LogP contribution in [0.2, 0.25) is 0 Å². The van der Waals surface area contributed by atoms with E-state index in [4.69, 9.17) is 18.0 Å². The third-order valence-corrected chi connectivity index (χ3v) is 2.76. The molecule has 1 rings (SSSR count). The smallest absolute Gasteiger partial charge is 0.265 e. The number of amides is 1. The van der Waals surface area contributed by atoms with E-state index < -0.39 is 0 Å². The van der Waals surface area contributed by atoms with Crippen LogP contribution in [0.25, 0.3) is 0 Å². The third-order valence-electron chi connectivity index (χ3n) is 1.81. The van der Waals surface area contributed by atoms with Crippen molar-refractivity contribution in [2.75, 3.05) is 0 Å². The molecular formula is C8H12N4OS2. The Morgan fingerprint density at radius 3 is 3.00 bits per heavy atom. The summed E-state index contributed by atoms with van der Waals surface area (Å²) in [6, 6.07) is -0.250. The van der Waals surface area contributed by atoms with Gasteiger partial charge in [0.2, 0.25) is 0 Å². The first-order valence-corrected chi connectivity index (χ1v) is 5.70. The van der Waals surface area contributed by atoms with Crippen molar-refractivity contribution in [3.8, 4) is 0 Å². The summed E-state index contributed by atoms with van der Waals surface area (Å²) in [7, 11) is 0. The maximum atomic E-state index is 11.6. The summed E-state index contributed by atoms with van der Waals surface area (Å²) in [5, 5.41) is 6.33. The maximum Gasteiger partial charge on any atom is 0.265 e. The number of hydrogen-bond acceptors (Lipinski definition) is 5. The van der Waals surface area contributed by atoms with Crippen molar-refractivity contribution in [3.63, 3.8) is 0 Å². The number of rotatable bonds is 5. The number of aromatic nitrogens is 2. The number of hydrogen-bond donors (Lipinski definition) is 2. The van der Waals surface area contributed by atoms with Crippen LogP contribution in [0.4, 0.5) is 0 Å². The second kappa shape index (κ2) is 5.72. The molecule has 0 aliphatic rings. The van der Waals surface area contributed by atoms with Crippen LogP contribution in [-0.4, -0.2) is 26.5 Å². The lowest BCUT2D eigenvalue weighted by Gasteiger charge is -2.15. The lowest BCUT2D eigenvalue weighted by Crippen LogP contribution is -2.43. The van der Waals surface area contributed by atoms with Gasteiger partial charge < -0.3 is 11.1 Å². The first-order chi connectivity index (χ1) is 7.15. The van der Waals surface area contributed by atoms with E-state index in [0.29, 0.717) is 9.87 Å². The highest BCUT2D eigenvalue weighted by molar-refractivity contribution is 7.80. The van der Waals surface area contributed by atoms with Crippen molar-refractivity contribution in [2.24, 2.45) is 5.73 Å². The number of nitrogens with zero attached hydrogens (tertiary/aromatic N) is 2. The molecule has 0 bridgehead atoms. The topological polar surface area (TPSA) is 80.9 Å². The Morgan fingerprint density at radius 2 is 2.53 bits per heavy atom. The second-order valence-corrected chi connectivity index (χ2v) is 4.26. The van der Waals surface area contributed by atoms with Crippen molar-refractivity contribution < 1.29 is 4.79 Å². The fourth-order valence-electron chi connectivity index (χ4n) is 1.07. The summed E-state index contributed by atoms with van der Waals surface area (Å²) in [6.07, 6.45) is 3.07. The Labute approximate surface area is 97.2 Å². The molecule has 82 valence electrons. The summed E-state index contributed by atoms with van der Waals surface area (Å²) < 4.78 is 3.61. The van der Waals surface area contributed by atoms with E-state index in [1.165, 1.54) is 6.20 Å². The fraction of sp³-hybridized carbons (Fsp3) is 0.500. The molecule has 1 amide bonds. The van der Waals surface area contributed by atoms with Crippen LogP contribution in [0.15, 0.2) is 6.20 Å². The van der Waals surface area contributed by atoms with Gasteiger partial charge in [0.15, 0.2) is 0 Å². The molecule has 0 aromatic carbocycles. The van der Waals surface area contributed by atoms with E-state index >= 15 is 0 Å². The lowest BCUT2D eigenvalue weighted by molar-refractivity contribution is 0.0949. The number of nitrogens with two attached hydrogens (primary N) is 1. The van der Waals surface area contributed by atoms with E-state index in [0.717, 1.165) is 24.4 Å². The molecule has 7 heteroatoms. The normalized spacial score (nSPS) is 12.1. The van der Waals surface area contributed by atoms with Crippen molar-refractivity contribution in [1.29, 1.82) is 0 Å². The molecule has 1 heterocycles. The summed E-state index contributed by atoms with van der Waals surface area (Å²) >= 11 is 5.91. The summed E-state index contributed by atoms with van der Waals surface area (Å²) in [6.45, 7) is 2.01. The van der Waals surface area contributed by atoms with Crippen LogP contribution in [-0.2, 0) is 0 Å². The Hall–Kier alpha value is -1.08. The minimum absolute atomic E-state index is 0.226. The van der Waals surface area contributed by atoms with E-state index in [-0.39, 0.29) is 11.9 Å². The Bertz CT molecular complexity index is 338. The van der Waals surface area contributed by atoms with Crippen LogP contribution < -0.4 is 11.1 Å². The van der Waals surface area contributed by atoms with Crippen LogP contribution in [0, 0.1) is 0 Å². The van der Waals surface area contributed by atoms with Crippen LogP contribution in [0.1, 0.15) is 29.4 Å². The van der Waals surface area contributed by atoms with Crippen molar-refractivity contribution in [3.05, 3.63) is 11.1 Å². The summed E-state index contributed by atoms with van der Waals surface area (Å²) in [4.78, 5) is 12.4. The van der Waals surface area contributed by atoms with E-state index in [2.05, 4.69) is 14.9 Å². The van der Waals surface area contributed by atoms with Gasteiger partial charge >= 0.3 is 0 Å². The lowest BCUT2D eigenvalue weighted by atomic mass is 10.1. The molecule has 15 heavy (non-hydrogen) atoms. The minimum atomic E-state index is -0.250. The monoisotopic (exact) mass is 244 g/mol. The van der Waals surface area contributed by atoms with Crippen LogP contribution >= 0.6 is 23.8 Å². The zero-order valence-corrected chi connectivity index (χ0v) is 9.90.